The first-order chi connectivity index (χ1) is 26.1. The van der Waals surface area contributed by atoms with Crippen LogP contribution in [0, 0.1) is 6.92 Å². The minimum atomic E-state index is -0.554. The zero-order valence-electron chi connectivity index (χ0n) is 31.9. The number of alkyl carbamates (subject to hydrolysis) is 1. The van der Waals surface area contributed by atoms with Crippen molar-refractivity contribution in [2.24, 2.45) is 4.99 Å². The lowest BCUT2D eigenvalue weighted by atomic mass is 10.00. The van der Waals surface area contributed by atoms with Gasteiger partial charge in [-0.15, -0.1) is 10.2 Å². The standard InChI is InChI=1S/C38H53ClN6O9/c1-6-40-34(46)26-32-36-44-43-27(2)45(36)33-12-11-30(25-31(33)35(42-32)28-7-9-29(39)10-8-28)53-24-23-52-22-21-51-20-19-50-18-17-49-16-15-48-14-13-41-37(47)54-38(3,4)5/h7-12,25,32H,6,13-24,26H2,1-5H3,(H,40,46)(H,41,47)/t32-/m0/s1. The van der Waals surface area contributed by atoms with Crippen LogP contribution in [0.2, 0.25) is 5.02 Å². The van der Waals surface area contributed by atoms with E-state index < -0.39 is 17.7 Å². The van der Waals surface area contributed by atoms with Gasteiger partial charge in [0.25, 0.3) is 0 Å². The Bertz CT molecular complexity index is 1640. The first kappa shape index (κ1) is 42.6. The van der Waals surface area contributed by atoms with E-state index in [1.807, 2.05) is 81.7 Å². The molecule has 0 bridgehead atoms. The predicted octanol–water partition coefficient (Wildman–Crippen LogP) is 4.63. The molecule has 0 saturated carbocycles. The number of halogens is 1. The maximum atomic E-state index is 12.7. The molecule has 2 heterocycles. The molecule has 1 atom stereocenters. The summed E-state index contributed by atoms with van der Waals surface area (Å²) < 4.78 is 40.9. The van der Waals surface area contributed by atoms with Gasteiger partial charge in [-0.2, -0.15) is 0 Å². The quantitative estimate of drug-likeness (QED) is 0.129. The molecule has 0 fully saturated rings. The minimum Gasteiger partial charge on any atom is -0.491 e. The second-order valence-corrected chi connectivity index (χ2v) is 13.6. The van der Waals surface area contributed by atoms with E-state index in [2.05, 4.69) is 20.8 Å². The SMILES string of the molecule is CCNC(=O)C[C@@H]1N=C(c2ccc(Cl)cc2)c2cc(OCCOCCOCCOCCOCCOCCNC(=O)OC(C)(C)C)ccc2-n2c(C)nnc21. The number of nitrogens with one attached hydrogen (secondary N) is 2. The number of amides is 2. The lowest BCUT2D eigenvalue weighted by Crippen LogP contribution is -2.34. The number of aliphatic imine (C=N–C) groups is 1. The first-order valence-corrected chi connectivity index (χ1v) is 18.6. The third-order valence-electron chi connectivity index (χ3n) is 7.67. The molecule has 2 amide bonds. The molecule has 15 nitrogen and oxygen atoms in total. The van der Waals surface area contributed by atoms with E-state index in [4.69, 9.17) is 49.8 Å². The second-order valence-electron chi connectivity index (χ2n) is 13.1. The minimum absolute atomic E-state index is 0.118. The Kier molecular flexibility index (Phi) is 17.6. The number of hydrogen-bond donors (Lipinski definition) is 2. The molecule has 0 saturated heterocycles. The van der Waals surface area contributed by atoms with Crippen LogP contribution in [0.15, 0.2) is 47.5 Å². The van der Waals surface area contributed by atoms with Crippen LogP contribution < -0.4 is 15.4 Å². The smallest absolute Gasteiger partial charge is 0.407 e. The number of aryl methyl sites for hydroxylation is 1. The zero-order chi connectivity index (χ0) is 38.8. The summed E-state index contributed by atoms with van der Waals surface area (Å²) in [5.41, 5.74) is 2.67. The topological polar surface area (TPSA) is 166 Å². The third-order valence-corrected chi connectivity index (χ3v) is 7.92. The summed E-state index contributed by atoms with van der Waals surface area (Å²) in [6.45, 7) is 14.7. The molecular formula is C38H53ClN6O9. The van der Waals surface area contributed by atoms with Crippen LogP contribution in [0.4, 0.5) is 4.79 Å². The van der Waals surface area contributed by atoms with E-state index in [0.717, 1.165) is 16.8 Å². The molecular weight excluding hydrogens is 720 g/mol. The van der Waals surface area contributed by atoms with Crippen molar-refractivity contribution in [3.05, 3.63) is 70.3 Å². The molecule has 1 aromatic heterocycles. The van der Waals surface area contributed by atoms with Crippen molar-refractivity contribution >= 4 is 29.3 Å². The van der Waals surface area contributed by atoms with E-state index in [1.165, 1.54) is 0 Å². The maximum absolute atomic E-state index is 12.7. The fourth-order valence-electron chi connectivity index (χ4n) is 5.32. The van der Waals surface area contributed by atoms with Gasteiger partial charge in [0, 0.05) is 29.2 Å². The fourth-order valence-corrected chi connectivity index (χ4v) is 5.45. The van der Waals surface area contributed by atoms with Crippen molar-refractivity contribution in [2.75, 3.05) is 85.8 Å². The highest BCUT2D eigenvalue weighted by molar-refractivity contribution is 6.30. The van der Waals surface area contributed by atoms with Gasteiger partial charge in [0.1, 0.15) is 29.8 Å². The summed E-state index contributed by atoms with van der Waals surface area (Å²) in [4.78, 5) is 29.4. The number of hydrogen-bond acceptors (Lipinski definition) is 12. The Morgan fingerprint density at radius 3 is 1.98 bits per heavy atom. The highest BCUT2D eigenvalue weighted by Crippen LogP contribution is 2.34. The Morgan fingerprint density at radius 2 is 1.39 bits per heavy atom. The van der Waals surface area contributed by atoms with Gasteiger partial charge in [-0.25, -0.2) is 4.79 Å². The van der Waals surface area contributed by atoms with E-state index in [9.17, 15) is 9.59 Å². The molecule has 2 N–H and O–H groups in total. The van der Waals surface area contributed by atoms with E-state index in [1.54, 1.807) is 0 Å². The predicted molar refractivity (Wildman–Crippen MR) is 203 cm³/mol. The molecule has 4 rings (SSSR count). The molecule has 0 unspecified atom stereocenters. The average molecular weight is 773 g/mol. The molecule has 54 heavy (non-hydrogen) atoms. The van der Waals surface area contributed by atoms with Gasteiger partial charge in [-0.1, -0.05) is 23.7 Å². The first-order valence-electron chi connectivity index (χ1n) is 18.2. The Hall–Kier alpha value is -4.12. The lowest BCUT2D eigenvalue weighted by Gasteiger charge is -2.19. The lowest BCUT2D eigenvalue weighted by molar-refractivity contribution is -0.121. The number of rotatable bonds is 23. The Morgan fingerprint density at radius 1 is 0.796 bits per heavy atom. The number of carbonyl (C=O) groups is 2. The van der Waals surface area contributed by atoms with E-state index in [-0.39, 0.29) is 12.3 Å². The number of ether oxygens (including phenoxy) is 7. The van der Waals surface area contributed by atoms with Crippen molar-refractivity contribution < 1.29 is 42.7 Å². The van der Waals surface area contributed by atoms with Crippen molar-refractivity contribution in [1.29, 1.82) is 0 Å². The number of aromatic nitrogens is 3. The molecule has 1 aliphatic heterocycles. The largest absolute Gasteiger partial charge is 0.491 e. The molecule has 2 aromatic carbocycles. The van der Waals surface area contributed by atoms with Crippen molar-refractivity contribution in [1.82, 2.24) is 25.4 Å². The number of fused-ring (bicyclic) bond motifs is 3. The van der Waals surface area contributed by atoms with E-state index in [0.29, 0.717) is 114 Å². The number of carbonyl (C=O) groups excluding carboxylic acids is 2. The van der Waals surface area contributed by atoms with Crippen LogP contribution in [0.25, 0.3) is 5.69 Å². The van der Waals surface area contributed by atoms with Gasteiger partial charge in [-0.3, -0.25) is 14.4 Å². The summed E-state index contributed by atoms with van der Waals surface area (Å²) >= 11 is 6.22. The highest BCUT2D eigenvalue weighted by Gasteiger charge is 2.30. The second kappa shape index (κ2) is 22.3. The Balaban J connectivity index is 1.13. The summed E-state index contributed by atoms with van der Waals surface area (Å²) in [6, 6.07) is 12.7. The fraction of sp³-hybridized carbons (Fsp3) is 0.553. The van der Waals surface area contributed by atoms with Gasteiger partial charge in [0.2, 0.25) is 5.91 Å². The van der Waals surface area contributed by atoms with Gasteiger partial charge in [0.05, 0.1) is 83.9 Å². The molecule has 0 spiro atoms. The van der Waals surface area contributed by atoms with Crippen LogP contribution in [0.5, 0.6) is 5.75 Å². The summed E-state index contributed by atoms with van der Waals surface area (Å²) in [7, 11) is 0. The van der Waals surface area contributed by atoms with Crippen LogP contribution in [0.3, 0.4) is 0 Å². The third kappa shape index (κ3) is 14.3. The van der Waals surface area contributed by atoms with Gasteiger partial charge in [0.15, 0.2) is 5.82 Å². The van der Waals surface area contributed by atoms with Crippen molar-refractivity contribution in [3.8, 4) is 11.4 Å². The molecule has 1 aliphatic rings. The highest BCUT2D eigenvalue weighted by atomic mass is 35.5. The molecule has 296 valence electrons. The summed E-state index contributed by atoms with van der Waals surface area (Å²) in [6.07, 6.45) is -0.336. The normalized spacial score (nSPS) is 13.7. The van der Waals surface area contributed by atoms with Crippen molar-refractivity contribution in [2.45, 2.75) is 52.7 Å². The maximum Gasteiger partial charge on any atom is 0.407 e. The van der Waals surface area contributed by atoms with Crippen LogP contribution in [0.1, 0.15) is 62.9 Å². The zero-order valence-corrected chi connectivity index (χ0v) is 32.6. The summed E-state index contributed by atoms with van der Waals surface area (Å²) in [5.74, 6) is 1.81. The average Bonchev–Trinajstić information content (AvgIpc) is 3.45. The van der Waals surface area contributed by atoms with Gasteiger partial charge >= 0.3 is 6.09 Å². The molecule has 3 aromatic rings. The van der Waals surface area contributed by atoms with Crippen LogP contribution >= 0.6 is 11.6 Å². The van der Waals surface area contributed by atoms with Gasteiger partial charge in [-0.05, 0) is 65.0 Å². The molecule has 0 aliphatic carbocycles. The van der Waals surface area contributed by atoms with E-state index >= 15 is 0 Å². The van der Waals surface area contributed by atoms with Crippen molar-refractivity contribution in [3.63, 3.8) is 0 Å². The number of benzene rings is 2. The van der Waals surface area contributed by atoms with Crippen LogP contribution in [-0.2, 0) is 33.2 Å². The van der Waals surface area contributed by atoms with Crippen LogP contribution in [-0.4, -0.2) is 124 Å². The van der Waals surface area contributed by atoms with Gasteiger partial charge < -0.3 is 43.8 Å². The Labute approximate surface area is 322 Å². The molecule has 16 heteroatoms. The summed E-state index contributed by atoms with van der Waals surface area (Å²) in [5, 5.41) is 14.9. The number of nitrogens with zero attached hydrogens (tertiary/aromatic N) is 4. The molecule has 0 radical (unpaired) electrons. The monoisotopic (exact) mass is 772 g/mol.